The molecule has 0 spiro atoms. The van der Waals surface area contributed by atoms with Crippen molar-refractivity contribution in [2.75, 3.05) is 20.3 Å². The molecule has 0 bridgehead atoms. The van der Waals surface area contributed by atoms with Crippen molar-refractivity contribution in [2.24, 2.45) is 5.84 Å². The second kappa shape index (κ2) is 6.69. The lowest BCUT2D eigenvalue weighted by Gasteiger charge is -2.16. The van der Waals surface area contributed by atoms with Gasteiger partial charge in [0.05, 0.1) is 6.54 Å². The minimum Gasteiger partial charge on any atom is -0.385 e. The van der Waals surface area contributed by atoms with E-state index in [1.54, 1.807) is 7.11 Å². The molecular weight excluding hydrogens is 214 g/mol. The number of carbonyl (C=O) groups is 1. The largest absolute Gasteiger partial charge is 0.385 e. The lowest BCUT2D eigenvalue weighted by Crippen LogP contribution is -2.45. The Labute approximate surface area is 92.3 Å². The van der Waals surface area contributed by atoms with E-state index in [1.807, 2.05) is 0 Å². The van der Waals surface area contributed by atoms with Crippen LogP contribution in [0.3, 0.4) is 0 Å². The zero-order valence-corrected chi connectivity index (χ0v) is 9.01. The van der Waals surface area contributed by atoms with Crippen molar-refractivity contribution in [3.05, 3.63) is 5.82 Å². The van der Waals surface area contributed by atoms with Crippen molar-refractivity contribution in [2.45, 2.75) is 13.0 Å². The first-order valence-corrected chi connectivity index (χ1v) is 4.75. The molecule has 2 amide bonds. The van der Waals surface area contributed by atoms with Gasteiger partial charge in [0, 0.05) is 20.3 Å². The number of tetrazole rings is 1. The Kier molecular flexibility index (Phi) is 5.16. The number of carbonyl (C=O) groups excluding carboxylic acids is 1. The number of urea groups is 1. The molecule has 9 heteroatoms. The van der Waals surface area contributed by atoms with Crippen LogP contribution in [0, 0.1) is 0 Å². The van der Waals surface area contributed by atoms with Crippen molar-refractivity contribution in [3.8, 4) is 0 Å². The highest BCUT2D eigenvalue weighted by molar-refractivity contribution is 5.73. The molecule has 0 fully saturated rings. The molecule has 0 aliphatic carbocycles. The summed E-state index contributed by atoms with van der Waals surface area (Å²) in [4.78, 5) is 11.4. The van der Waals surface area contributed by atoms with E-state index in [-0.39, 0.29) is 12.6 Å². The monoisotopic (exact) mass is 229 g/mol. The Bertz CT molecular complexity index is 302. The lowest BCUT2D eigenvalue weighted by molar-refractivity contribution is 0.168. The van der Waals surface area contributed by atoms with Crippen LogP contribution in [0.4, 0.5) is 4.79 Å². The first kappa shape index (κ1) is 12.3. The zero-order valence-electron chi connectivity index (χ0n) is 9.01. The predicted molar refractivity (Wildman–Crippen MR) is 53.8 cm³/mol. The Balaban J connectivity index is 2.18. The van der Waals surface area contributed by atoms with Crippen LogP contribution in [0.25, 0.3) is 0 Å². The summed E-state index contributed by atoms with van der Waals surface area (Å²) >= 11 is 0. The quantitative estimate of drug-likeness (QED) is 0.239. The van der Waals surface area contributed by atoms with Gasteiger partial charge in [-0.3, -0.25) is 5.01 Å². The number of aromatic nitrogens is 4. The Morgan fingerprint density at radius 3 is 3.12 bits per heavy atom. The summed E-state index contributed by atoms with van der Waals surface area (Å²) in [6.45, 7) is 1.17. The highest BCUT2D eigenvalue weighted by Gasteiger charge is 2.09. The minimum atomic E-state index is -0.388. The second-order valence-corrected chi connectivity index (χ2v) is 3.03. The lowest BCUT2D eigenvalue weighted by atomic mass is 10.4. The fourth-order valence-electron chi connectivity index (χ4n) is 0.994. The molecule has 0 aromatic carbocycles. The normalized spacial score (nSPS) is 10.1. The van der Waals surface area contributed by atoms with Gasteiger partial charge in [0.1, 0.15) is 0 Å². The SMILES string of the molecule is COCCCN(N)C(=O)NCc1nn[nH]n1. The van der Waals surface area contributed by atoms with Gasteiger partial charge in [-0.05, 0) is 6.42 Å². The van der Waals surface area contributed by atoms with Gasteiger partial charge in [-0.2, -0.15) is 5.21 Å². The Morgan fingerprint density at radius 2 is 2.50 bits per heavy atom. The molecule has 90 valence electrons. The molecule has 1 rings (SSSR count). The summed E-state index contributed by atoms with van der Waals surface area (Å²) in [5.41, 5.74) is 0. The number of rotatable bonds is 6. The molecule has 0 saturated carbocycles. The van der Waals surface area contributed by atoms with E-state index in [9.17, 15) is 4.79 Å². The van der Waals surface area contributed by atoms with Gasteiger partial charge < -0.3 is 10.1 Å². The Morgan fingerprint density at radius 1 is 1.69 bits per heavy atom. The van der Waals surface area contributed by atoms with Gasteiger partial charge in [0.25, 0.3) is 0 Å². The van der Waals surface area contributed by atoms with Crippen molar-refractivity contribution < 1.29 is 9.53 Å². The van der Waals surface area contributed by atoms with Gasteiger partial charge >= 0.3 is 6.03 Å². The number of nitrogens with zero attached hydrogens (tertiary/aromatic N) is 4. The number of ether oxygens (including phenoxy) is 1. The average Bonchev–Trinajstić information content (AvgIpc) is 2.79. The molecule has 0 aliphatic heterocycles. The van der Waals surface area contributed by atoms with E-state index in [0.717, 1.165) is 5.01 Å². The molecule has 0 atom stereocenters. The number of H-pyrrole nitrogens is 1. The molecule has 4 N–H and O–H groups in total. The summed E-state index contributed by atoms with van der Waals surface area (Å²) in [5.74, 6) is 5.90. The number of amides is 2. The van der Waals surface area contributed by atoms with Crippen LogP contribution >= 0.6 is 0 Å². The van der Waals surface area contributed by atoms with Gasteiger partial charge in [-0.25, -0.2) is 10.6 Å². The number of aromatic amines is 1. The topological polar surface area (TPSA) is 122 Å². The third-order valence-corrected chi connectivity index (χ3v) is 1.80. The number of nitrogens with one attached hydrogen (secondary N) is 2. The van der Waals surface area contributed by atoms with Crippen molar-refractivity contribution in [3.63, 3.8) is 0 Å². The molecule has 0 radical (unpaired) electrons. The summed E-state index contributed by atoms with van der Waals surface area (Å²) in [7, 11) is 1.59. The summed E-state index contributed by atoms with van der Waals surface area (Å²) in [5, 5.41) is 16.6. The number of hydrogen-bond acceptors (Lipinski definition) is 6. The van der Waals surface area contributed by atoms with Crippen LogP contribution in [0.5, 0.6) is 0 Å². The number of methoxy groups -OCH3 is 1. The van der Waals surface area contributed by atoms with Gasteiger partial charge in [-0.1, -0.05) is 5.21 Å². The maximum atomic E-state index is 11.4. The minimum absolute atomic E-state index is 0.188. The van der Waals surface area contributed by atoms with Crippen molar-refractivity contribution in [1.29, 1.82) is 0 Å². The summed E-state index contributed by atoms with van der Waals surface area (Å²) < 4.78 is 4.84. The first-order chi connectivity index (χ1) is 7.74. The maximum absolute atomic E-state index is 11.4. The summed E-state index contributed by atoms with van der Waals surface area (Å²) in [6.07, 6.45) is 0.683. The van der Waals surface area contributed by atoms with Gasteiger partial charge in [-0.15, -0.1) is 10.2 Å². The fraction of sp³-hybridized carbons (Fsp3) is 0.714. The predicted octanol–water partition coefficient (Wildman–Crippen LogP) is -1.38. The maximum Gasteiger partial charge on any atom is 0.331 e. The molecule has 16 heavy (non-hydrogen) atoms. The van der Waals surface area contributed by atoms with E-state index in [1.165, 1.54) is 0 Å². The molecule has 1 aromatic rings. The zero-order chi connectivity index (χ0) is 11.8. The molecule has 0 saturated heterocycles. The third kappa shape index (κ3) is 4.19. The molecular formula is C7H15N7O2. The van der Waals surface area contributed by atoms with Crippen LogP contribution in [0.2, 0.25) is 0 Å². The molecule has 1 heterocycles. The van der Waals surface area contributed by atoms with E-state index in [2.05, 4.69) is 25.9 Å². The first-order valence-electron chi connectivity index (χ1n) is 4.75. The van der Waals surface area contributed by atoms with E-state index in [0.29, 0.717) is 25.4 Å². The van der Waals surface area contributed by atoms with Crippen LogP contribution < -0.4 is 11.2 Å². The van der Waals surface area contributed by atoms with Crippen LogP contribution in [0.1, 0.15) is 12.2 Å². The molecule has 9 nitrogen and oxygen atoms in total. The van der Waals surface area contributed by atoms with Gasteiger partial charge in [0.2, 0.25) is 0 Å². The van der Waals surface area contributed by atoms with Gasteiger partial charge in [0.15, 0.2) is 5.82 Å². The van der Waals surface area contributed by atoms with Crippen molar-refractivity contribution in [1.82, 2.24) is 30.9 Å². The second-order valence-electron chi connectivity index (χ2n) is 3.03. The fourth-order valence-corrected chi connectivity index (χ4v) is 0.994. The molecule has 0 aliphatic rings. The van der Waals surface area contributed by atoms with E-state index < -0.39 is 0 Å². The van der Waals surface area contributed by atoms with Crippen LogP contribution in [-0.2, 0) is 11.3 Å². The van der Waals surface area contributed by atoms with E-state index >= 15 is 0 Å². The molecule has 1 aromatic heterocycles. The average molecular weight is 229 g/mol. The van der Waals surface area contributed by atoms with Crippen molar-refractivity contribution >= 4 is 6.03 Å². The highest BCUT2D eigenvalue weighted by Crippen LogP contribution is 1.88. The highest BCUT2D eigenvalue weighted by atomic mass is 16.5. The molecule has 0 unspecified atom stereocenters. The van der Waals surface area contributed by atoms with Crippen LogP contribution in [-0.4, -0.2) is 51.9 Å². The summed E-state index contributed by atoms with van der Waals surface area (Å²) in [6, 6.07) is -0.388. The van der Waals surface area contributed by atoms with Crippen LogP contribution in [0.15, 0.2) is 0 Å². The van der Waals surface area contributed by atoms with E-state index in [4.69, 9.17) is 10.6 Å². The number of hydrazine groups is 1. The number of hydrogen-bond donors (Lipinski definition) is 3. The third-order valence-electron chi connectivity index (χ3n) is 1.80. The number of nitrogens with two attached hydrogens (primary N) is 1. The Hall–Kier alpha value is -1.74. The standard InChI is InChI=1S/C7H15N7O2/c1-16-4-2-3-14(8)7(15)9-5-6-10-12-13-11-6/h2-5,8H2,1H3,(H,9,15)(H,10,11,12,13). The smallest absolute Gasteiger partial charge is 0.331 e.